The van der Waals surface area contributed by atoms with E-state index in [-0.39, 0.29) is 0 Å². The summed E-state index contributed by atoms with van der Waals surface area (Å²) < 4.78 is 15.3. The van der Waals surface area contributed by atoms with Crippen molar-refractivity contribution in [1.29, 1.82) is 0 Å². The van der Waals surface area contributed by atoms with Crippen molar-refractivity contribution in [3.05, 3.63) is 0 Å². The second kappa shape index (κ2) is 7.63. The minimum Gasteiger partial charge on any atom is -0.394 e. The molecule has 0 aliphatic carbocycles. The lowest BCUT2D eigenvalue weighted by molar-refractivity contribution is -0.355. The minimum atomic E-state index is -1.74. The predicted octanol–water partition coefficient (Wildman–Crippen LogP) is -5.40. The Balaban J connectivity index is 2.11. The molecular formula is C12H22O11. The summed E-state index contributed by atoms with van der Waals surface area (Å²) in [5.41, 5.74) is 0. The van der Waals surface area contributed by atoms with Crippen molar-refractivity contribution in [2.45, 2.75) is 61.4 Å². The summed E-state index contributed by atoms with van der Waals surface area (Å²) in [6.45, 7) is -1.35. The van der Waals surface area contributed by atoms with Gasteiger partial charge in [-0.1, -0.05) is 0 Å². The third-order valence-electron chi connectivity index (χ3n) is 3.98. The van der Waals surface area contributed by atoms with Gasteiger partial charge in [-0.25, -0.2) is 0 Å². The largest absolute Gasteiger partial charge is 0.394 e. The van der Waals surface area contributed by atoms with Gasteiger partial charge in [0.2, 0.25) is 0 Å². The highest BCUT2D eigenvalue weighted by molar-refractivity contribution is 4.93. The molecule has 0 aromatic rings. The first-order chi connectivity index (χ1) is 10.8. The summed E-state index contributed by atoms with van der Waals surface area (Å²) in [4.78, 5) is 0. The fourth-order valence-corrected chi connectivity index (χ4v) is 2.57. The number of ether oxygens (including phenoxy) is 3. The normalized spacial score (nSPS) is 51.7. The van der Waals surface area contributed by atoms with E-state index in [1.54, 1.807) is 0 Å². The second-order valence-corrected chi connectivity index (χ2v) is 5.53. The van der Waals surface area contributed by atoms with Crippen LogP contribution in [0.3, 0.4) is 0 Å². The zero-order valence-corrected chi connectivity index (χ0v) is 12.0. The van der Waals surface area contributed by atoms with Gasteiger partial charge in [0.1, 0.15) is 48.8 Å². The third kappa shape index (κ3) is 3.65. The second-order valence-electron chi connectivity index (χ2n) is 5.53. The van der Waals surface area contributed by atoms with Crippen molar-refractivity contribution in [3.63, 3.8) is 0 Å². The van der Waals surface area contributed by atoms with Crippen LogP contribution in [0.25, 0.3) is 0 Å². The van der Waals surface area contributed by atoms with Gasteiger partial charge in [0.25, 0.3) is 0 Å². The van der Waals surface area contributed by atoms with Crippen LogP contribution >= 0.6 is 0 Å². The van der Waals surface area contributed by atoms with Gasteiger partial charge >= 0.3 is 0 Å². The van der Waals surface area contributed by atoms with Crippen LogP contribution in [0.2, 0.25) is 0 Å². The first-order valence-electron chi connectivity index (χ1n) is 7.08. The molecule has 0 saturated carbocycles. The molecule has 0 aromatic carbocycles. The molecule has 11 nitrogen and oxygen atoms in total. The van der Waals surface area contributed by atoms with Crippen LogP contribution in [0, 0.1) is 0 Å². The lowest BCUT2D eigenvalue weighted by atomic mass is 9.97. The molecular weight excluding hydrogens is 320 g/mol. The molecule has 10 atom stereocenters. The summed E-state index contributed by atoms with van der Waals surface area (Å²) >= 11 is 0. The Morgan fingerprint density at radius 2 is 1.26 bits per heavy atom. The van der Waals surface area contributed by atoms with E-state index in [2.05, 4.69) is 0 Å². The summed E-state index contributed by atoms with van der Waals surface area (Å²) in [6, 6.07) is 0. The van der Waals surface area contributed by atoms with Crippen LogP contribution in [0.1, 0.15) is 0 Å². The monoisotopic (exact) mass is 342 g/mol. The highest BCUT2D eigenvalue weighted by Gasteiger charge is 2.50. The molecule has 11 heteroatoms. The first kappa shape index (κ1) is 18.9. The average molecular weight is 342 g/mol. The molecule has 23 heavy (non-hydrogen) atoms. The number of hydrogen-bond donors (Lipinski definition) is 8. The maximum atomic E-state index is 9.94. The molecule has 0 unspecified atom stereocenters. The van der Waals surface area contributed by atoms with Gasteiger partial charge < -0.3 is 55.1 Å². The fraction of sp³-hybridized carbons (Fsp3) is 1.00. The smallest absolute Gasteiger partial charge is 0.187 e. The van der Waals surface area contributed by atoms with Crippen molar-refractivity contribution in [3.8, 4) is 0 Å². The van der Waals surface area contributed by atoms with Gasteiger partial charge in [-0.3, -0.25) is 0 Å². The zero-order chi connectivity index (χ0) is 17.3. The van der Waals surface area contributed by atoms with E-state index >= 15 is 0 Å². The van der Waals surface area contributed by atoms with Gasteiger partial charge in [0, 0.05) is 0 Å². The Kier molecular flexibility index (Phi) is 6.27. The summed E-state index contributed by atoms with van der Waals surface area (Å²) in [7, 11) is 0. The van der Waals surface area contributed by atoms with E-state index in [4.69, 9.17) is 19.3 Å². The molecule has 0 bridgehead atoms. The molecule has 136 valence electrons. The van der Waals surface area contributed by atoms with Crippen molar-refractivity contribution in [2.75, 3.05) is 13.2 Å². The zero-order valence-electron chi connectivity index (χ0n) is 12.0. The van der Waals surface area contributed by atoms with Gasteiger partial charge in [-0.05, 0) is 0 Å². The standard InChI is InChI=1S/C12H22O11/c13-1-3-5(15)6(16)9(19)12(22-3)23-10-4(2-14)21-11(20)8(18)7(10)17/h3-20H,1-2H2/t3-,4-,5+,6+,7+,8-,9-,10+,11-,12+/m1/s1. The molecule has 0 radical (unpaired) electrons. The van der Waals surface area contributed by atoms with E-state index in [0.717, 1.165) is 0 Å². The van der Waals surface area contributed by atoms with E-state index in [1.807, 2.05) is 0 Å². The Labute approximate surface area is 130 Å². The maximum Gasteiger partial charge on any atom is 0.187 e. The minimum absolute atomic E-state index is 0.667. The quantitative estimate of drug-likeness (QED) is 0.243. The van der Waals surface area contributed by atoms with Crippen molar-refractivity contribution >= 4 is 0 Å². The molecule has 2 heterocycles. The lowest BCUT2D eigenvalue weighted by Gasteiger charge is -2.45. The van der Waals surface area contributed by atoms with Crippen molar-refractivity contribution in [1.82, 2.24) is 0 Å². The Hall–Kier alpha value is -0.440. The molecule has 2 saturated heterocycles. The molecule has 2 aliphatic rings. The molecule has 2 rings (SSSR count). The van der Waals surface area contributed by atoms with Crippen LogP contribution < -0.4 is 0 Å². The summed E-state index contributed by atoms with van der Waals surface area (Å²) in [5, 5.41) is 76.5. The van der Waals surface area contributed by atoms with E-state index in [1.165, 1.54) is 0 Å². The first-order valence-corrected chi connectivity index (χ1v) is 7.08. The number of aliphatic hydroxyl groups excluding tert-OH is 8. The Bertz CT molecular complexity index is 378. The maximum absolute atomic E-state index is 9.94. The third-order valence-corrected chi connectivity index (χ3v) is 3.98. The predicted molar refractivity (Wildman–Crippen MR) is 68.6 cm³/mol. The molecule has 2 aliphatic heterocycles. The van der Waals surface area contributed by atoms with E-state index in [0.29, 0.717) is 0 Å². The Morgan fingerprint density at radius 3 is 1.83 bits per heavy atom. The van der Waals surface area contributed by atoms with Crippen molar-refractivity contribution in [2.24, 2.45) is 0 Å². The number of rotatable bonds is 4. The Morgan fingerprint density at radius 1 is 0.652 bits per heavy atom. The van der Waals surface area contributed by atoms with Gasteiger partial charge in [0.15, 0.2) is 12.6 Å². The fourth-order valence-electron chi connectivity index (χ4n) is 2.57. The molecule has 0 spiro atoms. The number of aliphatic hydroxyl groups is 8. The SMILES string of the molecule is OC[C@H]1O[C@@H](O[C@@H]2[C@@H](O)[C@@H](O)[C@H](O)O[C@@H]2CO)[C@H](O)[C@@H](O)[C@H]1O. The van der Waals surface area contributed by atoms with E-state index in [9.17, 15) is 35.7 Å². The highest BCUT2D eigenvalue weighted by atomic mass is 16.7. The van der Waals surface area contributed by atoms with Crippen LogP contribution in [0.4, 0.5) is 0 Å². The average Bonchev–Trinajstić information content (AvgIpc) is 2.55. The summed E-state index contributed by atoms with van der Waals surface area (Å²) in [6.07, 6.45) is -15.6. The van der Waals surface area contributed by atoms with Gasteiger partial charge in [-0.15, -0.1) is 0 Å². The van der Waals surface area contributed by atoms with E-state index < -0.39 is 74.6 Å². The van der Waals surface area contributed by atoms with Crippen molar-refractivity contribution < 1.29 is 55.1 Å². The lowest BCUT2D eigenvalue weighted by Crippen LogP contribution is -2.64. The topological polar surface area (TPSA) is 190 Å². The molecule has 0 aromatic heterocycles. The molecule has 2 fully saturated rings. The van der Waals surface area contributed by atoms with Crippen LogP contribution in [0.5, 0.6) is 0 Å². The van der Waals surface area contributed by atoms with Gasteiger partial charge in [0.05, 0.1) is 13.2 Å². The summed E-state index contributed by atoms with van der Waals surface area (Å²) in [5.74, 6) is 0. The van der Waals surface area contributed by atoms with Crippen LogP contribution in [-0.4, -0.2) is 115 Å². The van der Waals surface area contributed by atoms with Crippen LogP contribution in [-0.2, 0) is 14.2 Å². The van der Waals surface area contributed by atoms with Crippen LogP contribution in [0.15, 0.2) is 0 Å². The molecule has 8 N–H and O–H groups in total. The van der Waals surface area contributed by atoms with Gasteiger partial charge in [-0.2, -0.15) is 0 Å². The number of hydrogen-bond acceptors (Lipinski definition) is 11. The molecule has 0 amide bonds. The highest BCUT2D eigenvalue weighted by Crippen LogP contribution is 2.28.